The number of hydrogen-bond acceptors (Lipinski definition) is 2. The van der Waals surface area contributed by atoms with Crippen molar-refractivity contribution < 1.29 is 9.59 Å². The van der Waals surface area contributed by atoms with Gasteiger partial charge in [0, 0.05) is 12.8 Å². The highest BCUT2D eigenvalue weighted by atomic mass is 16.1. The largest absolute Gasteiger partial charge is 0.300 e. The molecule has 1 unspecified atom stereocenters. The molecule has 1 aliphatic carbocycles. The van der Waals surface area contributed by atoms with Crippen molar-refractivity contribution in [3.8, 4) is 0 Å². The molecule has 1 atom stereocenters. The topological polar surface area (TPSA) is 34.1 Å². The van der Waals surface area contributed by atoms with Crippen molar-refractivity contribution in [3.63, 3.8) is 0 Å². The van der Waals surface area contributed by atoms with Gasteiger partial charge in [0.25, 0.3) is 0 Å². The molecule has 13 heavy (non-hydrogen) atoms. The number of ketones is 2. The second kappa shape index (κ2) is 3.86. The molecule has 0 spiro atoms. The highest BCUT2D eigenvalue weighted by Gasteiger charge is 2.26. The van der Waals surface area contributed by atoms with Gasteiger partial charge in [0.05, 0.1) is 0 Å². The van der Waals surface area contributed by atoms with E-state index in [1.165, 1.54) is 0 Å². The Labute approximate surface area is 79.0 Å². The number of carbonyl (C=O) groups excluding carboxylic acids is 2. The standard InChI is InChI=1S/C11H16O2/c1-7(2)10-5-9(4-8(3)12)6-11(10)13/h5,7,9H,4,6H2,1-3H3. The van der Waals surface area contributed by atoms with Crippen molar-refractivity contribution in [2.24, 2.45) is 11.8 Å². The molecule has 0 bridgehead atoms. The summed E-state index contributed by atoms with van der Waals surface area (Å²) in [4.78, 5) is 22.3. The Kier molecular flexibility index (Phi) is 3.02. The highest BCUT2D eigenvalue weighted by molar-refractivity contribution is 5.98. The molecule has 0 saturated heterocycles. The second-order valence-corrected chi connectivity index (χ2v) is 4.07. The SMILES string of the molecule is CC(=O)CC1C=C(C(C)C)C(=O)C1. The summed E-state index contributed by atoms with van der Waals surface area (Å²) in [6, 6.07) is 0. The van der Waals surface area contributed by atoms with Crippen LogP contribution in [0.5, 0.6) is 0 Å². The minimum absolute atomic E-state index is 0.166. The van der Waals surface area contributed by atoms with E-state index in [1.807, 2.05) is 19.9 Å². The van der Waals surface area contributed by atoms with Gasteiger partial charge in [-0.2, -0.15) is 0 Å². The molecule has 0 amide bonds. The molecular formula is C11H16O2. The number of Topliss-reactive ketones (excluding diaryl/α,β-unsaturated/α-hetero) is 2. The number of allylic oxidation sites excluding steroid dienone is 2. The lowest BCUT2D eigenvalue weighted by Gasteiger charge is -2.01. The first-order chi connectivity index (χ1) is 6.00. The number of hydrogen-bond donors (Lipinski definition) is 0. The van der Waals surface area contributed by atoms with E-state index in [0.717, 1.165) is 5.57 Å². The molecule has 72 valence electrons. The van der Waals surface area contributed by atoms with Crippen LogP contribution in [0.25, 0.3) is 0 Å². The summed E-state index contributed by atoms with van der Waals surface area (Å²) < 4.78 is 0. The summed E-state index contributed by atoms with van der Waals surface area (Å²) in [6.07, 6.45) is 3.03. The number of rotatable bonds is 3. The monoisotopic (exact) mass is 180 g/mol. The first kappa shape index (κ1) is 10.2. The Morgan fingerprint density at radius 3 is 2.62 bits per heavy atom. The van der Waals surface area contributed by atoms with E-state index in [2.05, 4.69) is 0 Å². The van der Waals surface area contributed by atoms with E-state index >= 15 is 0 Å². The summed E-state index contributed by atoms with van der Waals surface area (Å²) in [5, 5.41) is 0. The lowest BCUT2D eigenvalue weighted by molar-refractivity contribution is -0.118. The Bertz CT molecular complexity index is 261. The molecule has 0 radical (unpaired) electrons. The second-order valence-electron chi connectivity index (χ2n) is 4.07. The molecule has 0 aromatic rings. The third-order valence-electron chi connectivity index (χ3n) is 2.36. The maximum Gasteiger partial charge on any atom is 0.159 e. The predicted octanol–water partition coefficient (Wildman–Crippen LogP) is 2.14. The fourth-order valence-corrected chi connectivity index (χ4v) is 1.78. The lowest BCUT2D eigenvalue weighted by Crippen LogP contribution is -2.04. The molecule has 0 aromatic carbocycles. The summed E-state index contributed by atoms with van der Waals surface area (Å²) in [7, 11) is 0. The summed E-state index contributed by atoms with van der Waals surface area (Å²) >= 11 is 0. The van der Waals surface area contributed by atoms with Crippen LogP contribution in [0.15, 0.2) is 11.6 Å². The smallest absolute Gasteiger partial charge is 0.159 e. The summed E-state index contributed by atoms with van der Waals surface area (Å²) in [5.74, 6) is 0.854. The number of carbonyl (C=O) groups is 2. The molecule has 0 N–H and O–H groups in total. The van der Waals surface area contributed by atoms with E-state index in [4.69, 9.17) is 0 Å². The van der Waals surface area contributed by atoms with E-state index in [9.17, 15) is 9.59 Å². The van der Waals surface area contributed by atoms with E-state index in [1.54, 1.807) is 6.92 Å². The van der Waals surface area contributed by atoms with Crippen LogP contribution in [0, 0.1) is 11.8 Å². The van der Waals surface area contributed by atoms with Gasteiger partial charge in [0.15, 0.2) is 5.78 Å². The molecule has 0 aromatic heterocycles. The van der Waals surface area contributed by atoms with Gasteiger partial charge in [-0.3, -0.25) is 4.79 Å². The van der Waals surface area contributed by atoms with Crippen molar-refractivity contribution in [2.45, 2.75) is 33.6 Å². The first-order valence-electron chi connectivity index (χ1n) is 4.75. The van der Waals surface area contributed by atoms with Crippen LogP contribution < -0.4 is 0 Å². The van der Waals surface area contributed by atoms with Crippen molar-refractivity contribution in [1.29, 1.82) is 0 Å². The molecule has 0 fully saturated rings. The Hall–Kier alpha value is -0.920. The van der Waals surface area contributed by atoms with Gasteiger partial charge in [0.1, 0.15) is 5.78 Å². The highest BCUT2D eigenvalue weighted by Crippen LogP contribution is 2.28. The van der Waals surface area contributed by atoms with Gasteiger partial charge in [-0.05, 0) is 24.3 Å². The van der Waals surface area contributed by atoms with Gasteiger partial charge < -0.3 is 4.79 Å². The normalized spacial score (nSPS) is 22.3. The minimum atomic E-state index is 0.166. The van der Waals surface area contributed by atoms with Crippen LogP contribution in [0.1, 0.15) is 33.6 Å². The van der Waals surface area contributed by atoms with Gasteiger partial charge in [0.2, 0.25) is 0 Å². The fraction of sp³-hybridized carbons (Fsp3) is 0.636. The molecule has 1 rings (SSSR count). The molecule has 2 heteroatoms. The Morgan fingerprint density at radius 1 is 1.62 bits per heavy atom. The lowest BCUT2D eigenvalue weighted by atomic mass is 10.0. The quantitative estimate of drug-likeness (QED) is 0.666. The summed E-state index contributed by atoms with van der Waals surface area (Å²) in [5.41, 5.74) is 0.909. The van der Waals surface area contributed by atoms with E-state index in [-0.39, 0.29) is 17.5 Å². The van der Waals surface area contributed by atoms with Crippen LogP contribution in [0.3, 0.4) is 0 Å². The molecule has 0 heterocycles. The maximum atomic E-state index is 11.4. The van der Waals surface area contributed by atoms with Crippen LogP contribution >= 0.6 is 0 Å². The van der Waals surface area contributed by atoms with Gasteiger partial charge in [-0.25, -0.2) is 0 Å². The molecule has 2 nitrogen and oxygen atoms in total. The fourth-order valence-electron chi connectivity index (χ4n) is 1.78. The van der Waals surface area contributed by atoms with Crippen molar-refractivity contribution in [1.82, 2.24) is 0 Å². The Balaban J connectivity index is 2.66. The van der Waals surface area contributed by atoms with Crippen LogP contribution in [0.4, 0.5) is 0 Å². The third kappa shape index (κ3) is 2.51. The summed E-state index contributed by atoms with van der Waals surface area (Å²) in [6.45, 7) is 5.60. The minimum Gasteiger partial charge on any atom is -0.300 e. The average molecular weight is 180 g/mol. The van der Waals surface area contributed by atoms with Crippen molar-refractivity contribution in [3.05, 3.63) is 11.6 Å². The van der Waals surface area contributed by atoms with Crippen LogP contribution in [-0.4, -0.2) is 11.6 Å². The average Bonchev–Trinajstić information content (AvgIpc) is 2.29. The van der Waals surface area contributed by atoms with Crippen LogP contribution in [0.2, 0.25) is 0 Å². The molecule has 1 aliphatic rings. The zero-order valence-corrected chi connectivity index (χ0v) is 8.46. The molecular weight excluding hydrogens is 164 g/mol. The van der Waals surface area contributed by atoms with Crippen LogP contribution in [-0.2, 0) is 9.59 Å². The zero-order valence-electron chi connectivity index (χ0n) is 8.46. The van der Waals surface area contributed by atoms with Crippen molar-refractivity contribution >= 4 is 11.6 Å². The molecule has 0 saturated carbocycles. The maximum absolute atomic E-state index is 11.4. The predicted molar refractivity (Wildman–Crippen MR) is 51.3 cm³/mol. The van der Waals surface area contributed by atoms with Gasteiger partial charge >= 0.3 is 0 Å². The van der Waals surface area contributed by atoms with Crippen molar-refractivity contribution in [2.75, 3.05) is 0 Å². The van der Waals surface area contributed by atoms with E-state index in [0.29, 0.717) is 18.8 Å². The molecule has 0 aliphatic heterocycles. The van der Waals surface area contributed by atoms with Gasteiger partial charge in [-0.1, -0.05) is 19.9 Å². The zero-order chi connectivity index (χ0) is 10.0. The Morgan fingerprint density at radius 2 is 2.23 bits per heavy atom. The van der Waals surface area contributed by atoms with Gasteiger partial charge in [-0.15, -0.1) is 0 Å². The van der Waals surface area contributed by atoms with E-state index < -0.39 is 0 Å². The third-order valence-corrected chi connectivity index (χ3v) is 2.36. The first-order valence-corrected chi connectivity index (χ1v) is 4.75.